The van der Waals surface area contributed by atoms with Crippen LogP contribution in [0.4, 0.5) is 0 Å². The van der Waals surface area contributed by atoms with Gasteiger partial charge in [-0.05, 0) is 29.8 Å². The maximum Gasteiger partial charge on any atom is 0.163 e. The number of fused-ring (bicyclic) bond motifs is 1. The summed E-state index contributed by atoms with van der Waals surface area (Å²) in [7, 11) is 1.66. The van der Waals surface area contributed by atoms with Gasteiger partial charge in [-0.25, -0.2) is 9.50 Å². The van der Waals surface area contributed by atoms with Crippen molar-refractivity contribution < 1.29 is 4.74 Å². The lowest BCUT2D eigenvalue weighted by Gasteiger charge is -2.05. The van der Waals surface area contributed by atoms with E-state index >= 15 is 0 Å². The SMILES string of the molecule is COc1cccc(-c2cccn3ncnc23)c1. The summed E-state index contributed by atoms with van der Waals surface area (Å²) in [5, 5.41) is 4.12. The largest absolute Gasteiger partial charge is 0.497 e. The van der Waals surface area contributed by atoms with E-state index in [0.29, 0.717) is 0 Å². The molecule has 0 fully saturated rings. The van der Waals surface area contributed by atoms with Crippen molar-refractivity contribution in [2.24, 2.45) is 0 Å². The summed E-state index contributed by atoms with van der Waals surface area (Å²) < 4.78 is 6.99. The highest BCUT2D eigenvalue weighted by molar-refractivity contribution is 5.77. The Morgan fingerprint density at radius 2 is 2.12 bits per heavy atom. The van der Waals surface area contributed by atoms with E-state index in [-0.39, 0.29) is 0 Å². The Hall–Kier alpha value is -2.36. The zero-order valence-electron chi connectivity index (χ0n) is 9.37. The third-order valence-corrected chi connectivity index (χ3v) is 2.68. The Balaban J connectivity index is 2.23. The van der Waals surface area contributed by atoms with Gasteiger partial charge in [0.15, 0.2) is 5.65 Å². The molecular formula is C13H11N3O. The van der Waals surface area contributed by atoms with E-state index in [4.69, 9.17) is 4.74 Å². The maximum absolute atomic E-state index is 5.23. The summed E-state index contributed by atoms with van der Waals surface area (Å²) in [6, 6.07) is 11.9. The van der Waals surface area contributed by atoms with Crippen molar-refractivity contribution in [3.05, 3.63) is 48.9 Å². The molecule has 0 radical (unpaired) electrons. The van der Waals surface area contributed by atoms with Crippen LogP contribution in [0.2, 0.25) is 0 Å². The molecule has 4 heteroatoms. The molecule has 2 heterocycles. The van der Waals surface area contributed by atoms with Crippen LogP contribution in [0.5, 0.6) is 5.75 Å². The first-order chi connectivity index (χ1) is 8.38. The number of aromatic nitrogens is 3. The molecule has 0 aliphatic carbocycles. The fourth-order valence-corrected chi connectivity index (χ4v) is 1.86. The van der Waals surface area contributed by atoms with Crippen LogP contribution in [-0.4, -0.2) is 21.7 Å². The third kappa shape index (κ3) is 1.63. The third-order valence-electron chi connectivity index (χ3n) is 2.68. The summed E-state index contributed by atoms with van der Waals surface area (Å²) in [6.07, 6.45) is 3.44. The normalized spacial score (nSPS) is 10.6. The number of nitrogens with zero attached hydrogens (tertiary/aromatic N) is 3. The van der Waals surface area contributed by atoms with Gasteiger partial charge in [-0.2, -0.15) is 5.10 Å². The predicted octanol–water partition coefficient (Wildman–Crippen LogP) is 2.40. The highest BCUT2D eigenvalue weighted by Crippen LogP contribution is 2.26. The van der Waals surface area contributed by atoms with E-state index in [1.807, 2.05) is 42.6 Å². The molecule has 0 N–H and O–H groups in total. The van der Waals surface area contributed by atoms with Gasteiger partial charge >= 0.3 is 0 Å². The minimum absolute atomic E-state index is 0.837. The van der Waals surface area contributed by atoms with E-state index in [2.05, 4.69) is 10.1 Å². The smallest absolute Gasteiger partial charge is 0.163 e. The van der Waals surface area contributed by atoms with Crippen LogP contribution in [0.25, 0.3) is 16.8 Å². The molecule has 0 saturated heterocycles. The van der Waals surface area contributed by atoms with Crippen molar-refractivity contribution in [3.8, 4) is 16.9 Å². The van der Waals surface area contributed by atoms with E-state index in [1.165, 1.54) is 0 Å². The van der Waals surface area contributed by atoms with E-state index in [9.17, 15) is 0 Å². The second-order valence-corrected chi connectivity index (χ2v) is 3.68. The second kappa shape index (κ2) is 3.90. The lowest BCUT2D eigenvalue weighted by atomic mass is 10.1. The summed E-state index contributed by atoms with van der Waals surface area (Å²) >= 11 is 0. The van der Waals surface area contributed by atoms with Crippen molar-refractivity contribution in [1.29, 1.82) is 0 Å². The van der Waals surface area contributed by atoms with Crippen molar-refractivity contribution in [1.82, 2.24) is 14.6 Å². The minimum Gasteiger partial charge on any atom is -0.497 e. The number of methoxy groups -OCH3 is 1. The molecule has 17 heavy (non-hydrogen) atoms. The monoisotopic (exact) mass is 225 g/mol. The first kappa shape index (κ1) is 9.84. The molecule has 0 atom stereocenters. The Bertz CT molecular complexity index is 660. The van der Waals surface area contributed by atoms with Crippen molar-refractivity contribution in [2.75, 3.05) is 7.11 Å². The number of benzene rings is 1. The van der Waals surface area contributed by atoms with Gasteiger partial charge < -0.3 is 4.74 Å². The number of ether oxygens (including phenoxy) is 1. The molecule has 3 rings (SSSR count). The van der Waals surface area contributed by atoms with Crippen molar-refractivity contribution in [2.45, 2.75) is 0 Å². The molecule has 0 spiro atoms. The molecule has 0 unspecified atom stereocenters. The maximum atomic E-state index is 5.23. The zero-order valence-corrected chi connectivity index (χ0v) is 9.37. The van der Waals surface area contributed by atoms with Gasteiger partial charge in [0.25, 0.3) is 0 Å². The minimum atomic E-state index is 0.837. The number of hydrogen-bond acceptors (Lipinski definition) is 3. The van der Waals surface area contributed by atoms with Crippen molar-refractivity contribution >= 4 is 5.65 Å². The van der Waals surface area contributed by atoms with Gasteiger partial charge in [0.05, 0.1) is 7.11 Å². The summed E-state index contributed by atoms with van der Waals surface area (Å²) in [5.74, 6) is 0.837. The molecule has 0 aliphatic heterocycles. The van der Waals surface area contributed by atoms with Gasteiger partial charge in [0.2, 0.25) is 0 Å². The Morgan fingerprint density at radius 1 is 1.18 bits per heavy atom. The fourth-order valence-electron chi connectivity index (χ4n) is 1.86. The molecule has 0 amide bonds. The second-order valence-electron chi connectivity index (χ2n) is 3.68. The average molecular weight is 225 g/mol. The van der Waals surface area contributed by atoms with E-state index in [1.54, 1.807) is 18.0 Å². The van der Waals surface area contributed by atoms with Gasteiger partial charge in [-0.15, -0.1) is 0 Å². The van der Waals surface area contributed by atoms with Crippen LogP contribution in [0, 0.1) is 0 Å². The highest BCUT2D eigenvalue weighted by Gasteiger charge is 2.06. The highest BCUT2D eigenvalue weighted by atomic mass is 16.5. The van der Waals surface area contributed by atoms with Gasteiger partial charge in [0, 0.05) is 11.8 Å². The van der Waals surface area contributed by atoms with Gasteiger partial charge in [-0.1, -0.05) is 12.1 Å². The van der Waals surface area contributed by atoms with E-state index < -0.39 is 0 Å². The summed E-state index contributed by atoms with van der Waals surface area (Å²) in [6.45, 7) is 0. The molecule has 4 nitrogen and oxygen atoms in total. The van der Waals surface area contributed by atoms with Gasteiger partial charge in [-0.3, -0.25) is 0 Å². The molecule has 0 saturated carbocycles. The summed E-state index contributed by atoms with van der Waals surface area (Å²) in [5.41, 5.74) is 2.97. The topological polar surface area (TPSA) is 39.4 Å². The van der Waals surface area contributed by atoms with Crippen LogP contribution in [0.1, 0.15) is 0 Å². The van der Waals surface area contributed by atoms with Gasteiger partial charge in [0.1, 0.15) is 12.1 Å². The molecule has 0 bridgehead atoms. The fraction of sp³-hybridized carbons (Fsp3) is 0.0769. The predicted molar refractivity (Wildman–Crippen MR) is 65.0 cm³/mol. The Kier molecular flexibility index (Phi) is 2.26. The zero-order chi connectivity index (χ0) is 11.7. The lowest BCUT2D eigenvalue weighted by Crippen LogP contribution is -1.90. The first-order valence-corrected chi connectivity index (χ1v) is 5.31. The molecular weight excluding hydrogens is 214 g/mol. The first-order valence-electron chi connectivity index (χ1n) is 5.31. The summed E-state index contributed by atoms with van der Waals surface area (Å²) in [4.78, 5) is 4.26. The quantitative estimate of drug-likeness (QED) is 0.672. The van der Waals surface area contributed by atoms with Crippen LogP contribution in [0.15, 0.2) is 48.9 Å². The molecule has 2 aromatic heterocycles. The van der Waals surface area contributed by atoms with Crippen LogP contribution in [0.3, 0.4) is 0 Å². The number of rotatable bonds is 2. The number of pyridine rings is 1. The van der Waals surface area contributed by atoms with E-state index in [0.717, 1.165) is 22.5 Å². The number of hydrogen-bond donors (Lipinski definition) is 0. The molecule has 84 valence electrons. The standard InChI is InChI=1S/C13H11N3O/c1-17-11-5-2-4-10(8-11)12-6-3-7-16-13(12)14-9-15-16/h2-9H,1H3. The molecule has 0 aliphatic rings. The average Bonchev–Trinajstić information content (AvgIpc) is 2.87. The lowest BCUT2D eigenvalue weighted by molar-refractivity contribution is 0.415. The molecule has 3 aromatic rings. The van der Waals surface area contributed by atoms with Crippen LogP contribution < -0.4 is 4.74 Å². The van der Waals surface area contributed by atoms with Crippen LogP contribution in [-0.2, 0) is 0 Å². The Morgan fingerprint density at radius 3 is 3.00 bits per heavy atom. The molecule has 1 aromatic carbocycles. The van der Waals surface area contributed by atoms with Crippen molar-refractivity contribution in [3.63, 3.8) is 0 Å². The van der Waals surface area contributed by atoms with Crippen LogP contribution >= 0.6 is 0 Å². The Labute approximate surface area is 98.5 Å².